The van der Waals surface area contributed by atoms with Crippen LogP contribution in [-0.4, -0.2) is 31.1 Å². The minimum Gasteiger partial charge on any atom is -0.496 e. The summed E-state index contributed by atoms with van der Waals surface area (Å²) in [6, 6.07) is 7.56. The first-order valence-corrected chi connectivity index (χ1v) is 9.63. The maximum Gasteiger partial charge on any atom is 0.122 e. The maximum atomic E-state index is 5.62. The van der Waals surface area contributed by atoms with Gasteiger partial charge in [0, 0.05) is 6.04 Å². The summed E-state index contributed by atoms with van der Waals surface area (Å²) in [6.45, 7) is 4.76. The number of rotatable bonds is 3. The van der Waals surface area contributed by atoms with E-state index < -0.39 is 0 Å². The van der Waals surface area contributed by atoms with E-state index in [-0.39, 0.29) is 0 Å². The molecule has 2 nitrogen and oxygen atoms in total. The van der Waals surface area contributed by atoms with Gasteiger partial charge in [-0.1, -0.05) is 24.1 Å². The van der Waals surface area contributed by atoms with Crippen molar-refractivity contribution in [2.45, 2.75) is 63.8 Å². The zero-order chi connectivity index (χ0) is 15.8. The van der Waals surface area contributed by atoms with Gasteiger partial charge in [-0.2, -0.15) is 0 Å². The molecule has 2 heteroatoms. The van der Waals surface area contributed by atoms with Crippen LogP contribution in [0.5, 0.6) is 5.75 Å². The monoisotopic (exact) mass is 313 g/mol. The number of benzene rings is 1. The van der Waals surface area contributed by atoms with Crippen molar-refractivity contribution >= 4 is 0 Å². The lowest BCUT2D eigenvalue weighted by molar-refractivity contribution is 0.0837. The van der Waals surface area contributed by atoms with Crippen LogP contribution in [0.2, 0.25) is 0 Å². The Labute approximate surface area is 141 Å². The number of hydrogen-bond donors (Lipinski definition) is 0. The van der Waals surface area contributed by atoms with Crippen LogP contribution in [-0.2, 0) is 0 Å². The molecular weight excluding hydrogens is 282 g/mol. The molecule has 1 heterocycles. The predicted octanol–water partition coefficient (Wildman–Crippen LogP) is 4.76. The zero-order valence-corrected chi connectivity index (χ0v) is 14.8. The molecular formula is C21H31NO. The Morgan fingerprint density at radius 3 is 2.57 bits per heavy atom. The number of piperidine rings is 1. The molecule has 4 rings (SSSR count). The number of nitrogens with zero attached hydrogens (tertiary/aromatic N) is 1. The summed E-state index contributed by atoms with van der Waals surface area (Å²) in [5, 5.41) is 0. The van der Waals surface area contributed by atoms with Gasteiger partial charge in [-0.05, 0) is 87.9 Å². The van der Waals surface area contributed by atoms with Crippen LogP contribution in [0.4, 0.5) is 0 Å². The summed E-state index contributed by atoms with van der Waals surface area (Å²) in [5.41, 5.74) is 2.80. The molecule has 2 saturated carbocycles. The highest BCUT2D eigenvalue weighted by atomic mass is 16.5. The van der Waals surface area contributed by atoms with Crippen LogP contribution < -0.4 is 4.74 Å². The summed E-state index contributed by atoms with van der Waals surface area (Å²) < 4.78 is 5.62. The van der Waals surface area contributed by atoms with Gasteiger partial charge in [0.1, 0.15) is 5.75 Å². The Kier molecular flexibility index (Phi) is 4.36. The van der Waals surface area contributed by atoms with Crippen molar-refractivity contribution in [2.24, 2.45) is 11.8 Å². The number of hydrogen-bond acceptors (Lipinski definition) is 2. The highest BCUT2D eigenvalue weighted by molar-refractivity contribution is 5.39. The van der Waals surface area contributed by atoms with E-state index in [2.05, 4.69) is 30.0 Å². The van der Waals surface area contributed by atoms with E-state index in [1.165, 1.54) is 69.2 Å². The van der Waals surface area contributed by atoms with Crippen molar-refractivity contribution in [1.82, 2.24) is 4.90 Å². The van der Waals surface area contributed by atoms with Gasteiger partial charge < -0.3 is 9.64 Å². The van der Waals surface area contributed by atoms with Crippen LogP contribution in [0.3, 0.4) is 0 Å². The van der Waals surface area contributed by atoms with E-state index >= 15 is 0 Å². The normalized spacial score (nSPS) is 32.2. The van der Waals surface area contributed by atoms with Gasteiger partial charge in [-0.15, -0.1) is 0 Å². The quantitative estimate of drug-likeness (QED) is 0.797. The van der Waals surface area contributed by atoms with Crippen LogP contribution in [0.25, 0.3) is 0 Å². The molecule has 0 radical (unpaired) electrons. The van der Waals surface area contributed by atoms with Gasteiger partial charge in [0.05, 0.1) is 7.11 Å². The standard InChI is InChI=1S/C21H31NO/c1-15-3-8-21(23-2)19(13-15)17-9-11-22(12-10-17)20-7-5-16-4-6-18(20)14-16/h3,8,13,16-18,20H,4-7,9-12,14H2,1-2H3/t16-,18+,20+/m1/s1. The topological polar surface area (TPSA) is 12.5 Å². The number of aryl methyl sites for hydroxylation is 1. The third-order valence-electron chi connectivity index (χ3n) is 6.82. The van der Waals surface area contributed by atoms with Crippen molar-refractivity contribution in [3.63, 3.8) is 0 Å². The number of fused-ring (bicyclic) bond motifs is 2. The largest absolute Gasteiger partial charge is 0.496 e. The highest BCUT2D eigenvalue weighted by Crippen LogP contribution is 2.45. The van der Waals surface area contributed by atoms with Crippen molar-refractivity contribution in [3.05, 3.63) is 29.3 Å². The molecule has 1 aromatic carbocycles. The fourth-order valence-electron chi connectivity index (χ4n) is 5.56. The Morgan fingerprint density at radius 2 is 1.78 bits per heavy atom. The lowest BCUT2D eigenvalue weighted by Crippen LogP contribution is -2.45. The van der Waals surface area contributed by atoms with Gasteiger partial charge in [0.25, 0.3) is 0 Å². The molecule has 1 saturated heterocycles. The minimum atomic E-state index is 0.681. The summed E-state index contributed by atoms with van der Waals surface area (Å²) in [6.07, 6.45) is 10.1. The SMILES string of the molecule is COc1ccc(C)cc1C1CCN([C@H]2CC[C@H]3CC[C@H]2C3)CC1. The van der Waals surface area contributed by atoms with Crippen LogP contribution in [0.15, 0.2) is 18.2 Å². The molecule has 0 unspecified atom stereocenters. The average molecular weight is 313 g/mol. The van der Waals surface area contributed by atoms with Gasteiger partial charge in [-0.3, -0.25) is 0 Å². The first-order valence-electron chi connectivity index (χ1n) is 9.63. The summed E-state index contributed by atoms with van der Waals surface area (Å²) in [7, 11) is 1.81. The minimum absolute atomic E-state index is 0.681. The third-order valence-corrected chi connectivity index (χ3v) is 6.82. The molecule has 3 atom stereocenters. The summed E-state index contributed by atoms with van der Waals surface area (Å²) in [5.74, 6) is 3.86. The molecule has 0 N–H and O–H groups in total. The molecule has 3 fully saturated rings. The van der Waals surface area contributed by atoms with Crippen molar-refractivity contribution < 1.29 is 4.74 Å². The van der Waals surface area contributed by atoms with Gasteiger partial charge in [-0.25, -0.2) is 0 Å². The lowest BCUT2D eigenvalue weighted by atomic mass is 9.81. The first kappa shape index (κ1) is 15.5. The van der Waals surface area contributed by atoms with E-state index in [0.717, 1.165) is 23.6 Å². The Hall–Kier alpha value is -1.02. The average Bonchev–Trinajstić information content (AvgIpc) is 2.96. The van der Waals surface area contributed by atoms with E-state index in [1.807, 2.05) is 7.11 Å². The molecule has 2 bridgehead atoms. The van der Waals surface area contributed by atoms with Gasteiger partial charge in [0.2, 0.25) is 0 Å². The molecule has 0 amide bonds. The second kappa shape index (κ2) is 6.47. The van der Waals surface area contributed by atoms with Crippen LogP contribution in [0, 0.1) is 18.8 Å². The van der Waals surface area contributed by atoms with Crippen LogP contribution in [0.1, 0.15) is 62.0 Å². The predicted molar refractivity (Wildman–Crippen MR) is 95.1 cm³/mol. The molecule has 3 aliphatic rings. The maximum absolute atomic E-state index is 5.62. The lowest BCUT2D eigenvalue weighted by Gasteiger charge is -2.42. The second-order valence-corrected chi connectivity index (χ2v) is 8.14. The number of ether oxygens (including phenoxy) is 1. The van der Waals surface area contributed by atoms with Crippen LogP contribution >= 0.6 is 0 Å². The highest BCUT2D eigenvalue weighted by Gasteiger charge is 2.39. The van der Waals surface area contributed by atoms with E-state index in [1.54, 1.807) is 0 Å². The van der Waals surface area contributed by atoms with E-state index in [9.17, 15) is 0 Å². The number of likely N-dealkylation sites (tertiary alicyclic amines) is 1. The summed E-state index contributed by atoms with van der Waals surface area (Å²) in [4.78, 5) is 2.84. The van der Waals surface area contributed by atoms with Crippen molar-refractivity contribution in [3.8, 4) is 5.75 Å². The fraction of sp³-hybridized carbons (Fsp3) is 0.714. The van der Waals surface area contributed by atoms with Gasteiger partial charge >= 0.3 is 0 Å². The number of methoxy groups -OCH3 is 1. The Balaban J connectivity index is 1.42. The molecule has 0 spiro atoms. The Bertz CT molecular complexity index is 547. The molecule has 23 heavy (non-hydrogen) atoms. The second-order valence-electron chi connectivity index (χ2n) is 8.14. The zero-order valence-electron chi connectivity index (χ0n) is 14.8. The van der Waals surface area contributed by atoms with E-state index in [0.29, 0.717) is 5.92 Å². The molecule has 2 aliphatic carbocycles. The third kappa shape index (κ3) is 3.03. The van der Waals surface area contributed by atoms with E-state index in [4.69, 9.17) is 4.74 Å². The first-order chi connectivity index (χ1) is 11.2. The molecule has 1 aliphatic heterocycles. The van der Waals surface area contributed by atoms with Crippen molar-refractivity contribution in [2.75, 3.05) is 20.2 Å². The summed E-state index contributed by atoms with van der Waals surface area (Å²) >= 11 is 0. The molecule has 1 aromatic rings. The molecule has 0 aromatic heterocycles. The van der Waals surface area contributed by atoms with Crippen molar-refractivity contribution in [1.29, 1.82) is 0 Å². The smallest absolute Gasteiger partial charge is 0.122 e. The Morgan fingerprint density at radius 1 is 1.00 bits per heavy atom. The fourth-order valence-corrected chi connectivity index (χ4v) is 5.56. The van der Waals surface area contributed by atoms with Gasteiger partial charge in [0.15, 0.2) is 0 Å². The molecule has 126 valence electrons.